The van der Waals surface area contributed by atoms with Crippen LogP contribution in [0.15, 0.2) is 12.2 Å². The quantitative estimate of drug-likeness (QED) is 0.0521. The molecule has 0 aliphatic carbocycles. The van der Waals surface area contributed by atoms with Gasteiger partial charge in [0.15, 0.2) is 6.10 Å². The lowest BCUT2D eigenvalue weighted by atomic mass is 9.93. The highest BCUT2D eigenvalue weighted by Crippen LogP contribution is 2.17. The van der Waals surface area contributed by atoms with Crippen LogP contribution >= 0.6 is 0 Å². The molecule has 5 N–H and O–H groups in total. The minimum atomic E-state index is -1.85. The summed E-state index contributed by atoms with van der Waals surface area (Å²) in [6.07, 6.45) is 6.87. The highest BCUT2D eigenvalue weighted by atomic mass is 16.6. The molecule has 6 atom stereocenters. The van der Waals surface area contributed by atoms with Crippen LogP contribution in [0.3, 0.4) is 0 Å². The van der Waals surface area contributed by atoms with Crippen molar-refractivity contribution in [3.8, 4) is 0 Å². The number of amides is 2. The Bertz CT molecular complexity index is 866. The minimum Gasteiger partial charge on any atom is -0.459 e. The number of carbonyl (C=O) groups excluding carboxylic acids is 4. The molecule has 1 heterocycles. The molecule has 0 unspecified atom stereocenters. The zero-order valence-corrected chi connectivity index (χ0v) is 26.3. The molecule has 12 nitrogen and oxygen atoms in total. The zero-order chi connectivity index (χ0) is 32.3. The second kappa shape index (κ2) is 21.3. The fraction of sp³-hybridized carbons (Fsp3) is 0.806. The number of nitrogens with one attached hydrogen (secondary N) is 2. The SMILES string of the molecule is CCCCCCCCCCCOCC(=O)O[C@@H]1CC[C@H](NC(=O)[C@H](OC)[C@H](O)[C@@H](O)[C@H](O)C=CC(C)(C)C=O)C(=O)NC1. The number of methoxy groups -OCH3 is 1. The van der Waals surface area contributed by atoms with E-state index in [1.807, 2.05) is 0 Å². The Kier molecular flexibility index (Phi) is 19.2. The maximum atomic E-state index is 12.8. The predicted molar refractivity (Wildman–Crippen MR) is 160 cm³/mol. The highest BCUT2D eigenvalue weighted by molar-refractivity contribution is 5.89. The van der Waals surface area contributed by atoms with Crippen LogP contribution in [0.25, 0.3) is 0 Å². The third-order valence-electron chi connectivity index (χ3n) is 7.37. The Morgan fingerprint density at radius 3 is 2.26 bits per heavy atom. The number of ether oxygens (including phenoxy) is 3. The molecule has 0 aromatic rings. The highest BCUT2D eigenvalue weighted by Gasteiger charge is 2.37. The van der Waals surface area contributed by atoms with Crippen molar-refractivity contribution < 1.29 is 48.7 Å². The van der Waals surface area contributed by atoms with Gasteiger partial charge in [0.25, 0.3) is 5.91 Å². The topological polar surface area (TPSA) is 181 Å². The van der Waals surface area contributed by atoms with Gasteiger partial charge in [-0.15, -0.1) is 0 Å². The van der Waals surface area contributed by atoms with Crippen molar-refractivity contribution in [2.45, 2.75) is 128 Å². The van der Waals surface area contributed by atoms with Gasteiger partial charge < -0.3 is 45.0 Å². The van der Waals surface area contributed by atoms with Crippen LogP contribution in [0, 0.1) is 5.41 Å². The van der Waals surface area contributed by atoms with Gasteiger partial charge in [0, 0.05) is 19.1 Å². The van der Waals surface area contributed by atoms with E-state index in [9.17, 15) is 34.5 Å². The van der Waals surface area contributed by atoms with Gasteiger partial charge in [-0.25, -0.2) is 4.79 Å². The number of allylic oxidation sites excluding steroid dienone is 1. The van der Waals surface area contributed by atoms with E-state index < -0.39 is 59.8 Å². The third kappa shape index (κ3) is 15.8. The number of esters is 1. The van der Waals surface area contributed by atoms with Gasteiger partial charge in [-0.2, -0.15) is 0 Å². The number of carbonyl (C=O) groups is 4. The number of aldehydes is 1. The van der Waals surface area contributed by atoms with Gasteiger partial charge in [-0.1, -0.05) is 70.4 Å². The Hall–Kier alpha value is -2.38. The van der Waals surface area contributed by atoms with Gasteiger partial charge in [0.2, 0.25) is 5.91 Å². The molecule has 0 saturated carbocycles. The van der Waals surface area contributed by atoms with Gasteiger partial charge in [-0.3, -0.25) is 9.59 Å². The first-order valence-electron chi connectivity index (χ1n) is 15.5. The van der Waals surface area contributed by atoms with Crippen molar-refractivity contribution in [2.24, 2.45) is 5.41 Å². The summed E-state index contributed by atoms with van der Waals surface area (Å²) in [7, 11) is 1.14. The molecule has 0 spiro atoms. The molecule has 0 radical (unpaired) electrons. The fourth-order valence-electron chi connectivity index (χ4n) is 4.59. The number of unbranched alkanes of at least 4 members (excludes halogenated alkanes) is 8. The van der Waals surface area contributed by atoms with Gasteiger partial charge in [0.05, 0.1) is 6.54 Å². The summed E-state index contributed by atoms with van der Waals surface area (Å²) in [4.78, 5) is 48.7. The first-order chi connectivity index (χ1) is 20.4. The van der Waals surface area contributed by atoms with Crippen molar-refractivity contribution in [3.63, 3.8) is 0 Å². The number of hydrogen-bond acceptors (Lipinski definition) is 10. The van der Waals surface area contributed by atoms with Crippen LogP contribution in [0.1, 0.15) is 91.4 Å². The smallest absolute Gasteiger partial charge is 0.332 e. The van der Waals surface area contributed by atoms with E-state index in [-0.39, 0.29) is 26.0 Å². The van der Waals surface area contributed by atoms with Crippen LogP contribution < -0.4 is 10.6 Å². The first kappa shape index (κ1) is 38.6. The van der Waals surface area contributed by atoms with E-state index in [4.69, 9.17) is 14.2 Å². The minimum absolute atomic E-state index is 0.0694. The van der Waals surface area contributed by atoms with Crippen LogP contribution in [-0.4, -0.2) is 103 Å². The largest absolute Gasteiger partial charge is 0.459 e. The number of aliphatic hydroxyl groups is 3. The lowest BCUT2D eigenvalue weighted by Crippen LogP contribution is -2.55. The van der Waals surface area contributed by atoms with E-state index >= 15 is 0 Å². The standard InChI is InChI=1S/C31H54N2O10/c1-5-6-7-8-9-10-11-12-13-18-42-20-25(36)43-22-14-15-23(29(39)32-19-22)33-30(40)28(41-4)27(38)26(37)24(35)16-17-31(2,3)21-34/h16-17,21-24,26-28,35,37-38H,5-15,18-20H2,1-4H3,(H,32,39)(H,33,40)/t22-,23+,24-,26+,27-,28-/m1/s1. The Labute approximate surface area is 255 Å². The monoisotopic (exact) mass is 614 g/mol. The molecule has 1 aliphatic heterocycles. The molecule has 1 rings (SSSR count). The van der Waals surface area contributed by atoms with Crippen molar-refractivity contribution in [1.29, 1.82) is 0 Å². The molecule has 43 heavy (non-hydrogen) atoms. The molecule has 0 aromatic carbocycles. The van der Waals surface area contributed by atoms with Gasteiger partial charge >= 0.3 is 5.97 Å². The van der Waals surface area contributed by atoms with Gasteiger partial charge in [-0.05, 0) is 33.1 Å². The molecule has 1 fully saturated rings. The van der Waals surface area contributed by atoms with E-state index in [1.54, 1.807) is 13.8 Å². The molecule has 248 valence electrons. The lowest BCUT2D eigenvalue weighted by Gasteiger charge is -2.28. The maximum Gasteiger partial charge on any atom is 0.332 e. The molecule has 1 aliphatic rings. The van der Waals surface area contributed by atoms with E-state index in [1.165, 1.54) is 44.6 Å². The summed E-state index contributed by atoms with van der Waals surface area (Å²) in [6, 6.07) is -1.00. The summed E-state index contributed by atoms with van der Waals surface area (Å²) in [5.74, 6) is -1.91. The average Bonchev–Trinajstić information content (AvgIpc) is 3.15. The number of aliphatic hydroxyl groups excluding tert-OH is 3. The maximum absolute atomic E-state index is 12.8. The molecule has 0 aromatic heterocycles. The first-order valence-corrected chi connectivity index (χ1v) is 15.5. The number of rotatable bonds is 22. The van der Waals surface area contributed by atoms with Crippen LogP contribution in [0.4, 0.5) is 0 Å². The van der Waals surface area contributed by atoms with Crippen LogP contribution in [0.2, 0.25) is 0 Å². The van der Waals surface area contributed by atoms with E-state index in [0.29, 0.717) is 12.9 Å². The average molecular weight is 615 g/mol. The lowest BCUT2D eigenvalue weighted by molar-refractivity contribution is -0.154. The predicted octanol–water partition coefficient (Wildman–Crippen LogP) is 1.72. The Balaban J connectivity index is 2.44. The zero-order valence-electron chi connectivity index (χ0n) is 26.3. The number of hydrogen-bond donors (Lipinski definition) is 5. The molecular formula is C31H54N2O10. The third-order valence-corrected chi connectivity index (χ3v) is 7.37. The molecule has 1 saturated heterocycles. The summed E-state index contributed by atoms with van der Waals surface area (Å²) >= 11 is 0. The van der Waals surface area contributed by atoms with Crippen molar-refractivity contribution in [1.82, 2.24) is 10.6 Å². The molecule has 12 heteroatoms. The van der Waals surface area contributed by atoms with Crippen molar-refractivity contribution in [2.75, 3.05) is 26.9 Å². The summed E-state index contributed by atoms with van der Waals surface area (Å²) in [6.45, 7) is 5.76. The summed E-state index contributed by atoms with van der Waals surface area (Å²) < 4.78 is 15.9. The van der Waals surface area contributed by atoms with Crippen molar-refractivity contribution in [3.05, 3.63) is 12.2 Å². The fourth-order valence-corrected chi connectivity index (χ4v) is 4.59. The summed E-state index contributed by atoms with van der Waals surface area (Å²) in [5, 5.41) is 36.2. The Morgan fingerprint density at radius 2 is 1.65 bits per heavy atom. The second-order valence-electron chi connectivity index (χ2n) is 11.8. The molecule has 0 bridgehead atoms. The van der Waals surface area contributed by atoms with Crippen LogP contribution in [0.5, 0.6) is 0 Å². The normalized spacial score (nSPS) is 20.5. The Morgan fingerprint density at radius 1 is 1.02 bits per heavy atom. The molecule has 2 amide bonds. The van der Waals surface area contributed by atoms with Gasteiger partial charge in [0.1, 0.15) is 43.4 Å². The molecular weight excluding hydrogens is 560 g/mol. The summed E-state index contributed by atoms with van der Waals surface area (Å²) in [5.41, 5.74) is -0.900. The second-order valence-corrected chi connectivity index (χ2v) is 11.8. The van der Waals surface area contributed by atoms with E-state index in [0.717, 1.165) is 32.4 Å². The van der Waals surface area contributed by atoms with Crippen LogP contribution in [-0.2, 0) is 33.4 Å². The van der Waals surface area contributed by atoms with E-state index in [2.05, 4.69) is 17.6 Å². The van der Waals surface area contributed by atoms with Crippen molar-refractivity contribution >= 4 is 24.1 Å².